The molecule has 2 nitrogen and oxygen atoms in total. The summed E-state index contributed by atoms with van der Waals surface area (Å²) in [5, 5.41) is 1.82. The van der Waals surface area contributed by atoms with Crippen molar-refractivity contribution in [1.82, 2.24) is 10.3 Å². The highest BCUT2D eigenvalue weighted by Crippen LogP contribution is 2.04. The molecule has 0 aromatic heterocycles. The van der Waals surface area contributed by atoms with E-state index >= 15 is 0 Å². The molecule has 1 aliphatic heterocycles. The number of halogens is 1. The van der Waals surface area contributed by atoms with Gasteiger partial charge in [-0.1, -0.05) is 6.08 Å². The van der Waals surface area contributed by atoms with Crippen molar-refractivity contribution in [1.29, 1.82) is 0 Å². The maximum absolute atomic E-state index is 11.5. The Morgan fingerprint density at radius 3 is 3.00 bits per heavy atom. The summed E-state index contributed by atoms with van der Waals surface area (Å²) < 4.78 is 14.1. The Bertz CT molecular complexity index is 132. The van der Waals surface area contributed by atoms with E-state index in [4.69, 9.17) is 0 Å². The van der Waals surface area contributed by atoms with Crippen molar-refractivity contribution < 1.29 is 4.48 Å². The molecule has 0 saturated carbocycles. The van der Waals surface area contributed by atoms with Crippen LogP contribution in [0.1, 0.15) is 0 Å². The molecule has 2 N–H and O–H groups in total. The Kier molecular flexibility index (Phi) is 1.80. The minimum absolute atomic E-state index is 0.387. The number of allylic oxidation sites excluding steroid dienone is 2. The standard InChI is InChI=1S/C4H5FN2S/c5-6-4-2-1-3-8-7-4/h1-3,6-7H. The molecule has 0 radical (unpaired) electrons. The Labute approximate surface area is 50.9 Å². The summed E-state index contributed by atoms with van der Waals surface area (Å²) in [6.45, 7) is 0. The van der Waals surface area contributed by atoms with Crippen LogP contribution in [0.3, 0.4) is 0 Å². The van der Waals surface area contributed by atoms with Gasteiger partial charge in [0.25, 0.3) is 0 Å². The average molecular weight is 132 g/mol. The lowest BCUT2D eigenvalue weighted by Crippen LogP contribution is -2.14. The van der Waals surface area contributed by atoms with Crippen molar-refractivity contribution in [3.63, 3.8) is 0 Å². The zero-order valence-electron chi connectivity index (χ0n) is 4.02. The third-order valence-electron chi connectivity index (χ3n) is 0.680. The molecule has 4 heteroatoms. The van der Waals surface area contributed by atoms with Gasteiger partial charge in [-0.15, -0.1) is 4.48 Å². The first-order valence-corrected chi connectivity index (χ1v) is 2.96. The molecule has 0 aromatic rings. The first kappa shape index (κ1) is 5.50. The fourth-order valence-electron chi connectivity index (χ4n) is 0.357. The second kappa shape index (κ2) is 2.61. The Morgan fingerprint density at radius 1 is 1.75 bits per heavy atom. The average Bonchev–Trinajstić information content (AvgIpc) is 1.90. The predicted octanol–water partition coefficient (Wildman–Crippen LogP) is 1.07. The lowest BCUT2D eigenvalue weighted by Gasteiger charge is -2.05. The van der Waals surface area contributed by atoms with Crippen molar-refractivity contribution in [2.75, 3.05) is 0 Å². The minimum Gasteiger partial charge on any atom is -0.311 e. The second-order valence-electron chi connectivity index (χ2n) is 1.22. The molecule has 0 aromatic carbocycles. The van der Waals surface area contributed by atoms with E-state index < -0.39 is 0 Å². The summed E-state index contributed by atoms with van der Waals surface area (Å²) in [6.07, 6.45) is 3.36. The maximum Gasteiger partial charge on any atom is 0.138 e. The van der Waals surface area contributed by atoms with E-state index in [0.717, 1.165) is 0 Å². The summed E-state index contributed by atoms with van der Waals surface area (Å²) in [4.78, 5) is 0. The normalized spacial score (nSPS) is 16.9. The SMILES string of the molecule is FNC1=CC=CSN1. The van der Waals surface area contributed by atoms with Crippen LogP contribution < -0.4 is 10.3 Å². The van der Waals surface area contributed by atoms with Crippen LogP contribution in [0.4, 0.5) is 4.48 Å². The van der Waals surface area contributed by atoms with Crippen LogP contribution in [0.15, 0.2) is 23.4 Å². The smallest absolute Gasteiger partial charge is 0.138 e. The molecule has 1 aliphatic rings. The molecule has 1 heterocycles. The first-order valence-electron chi connectivity index (χ1n) is 2.08. The highest BCUT2D eigenvalue weighted by Gasteiger charge is 1.93. The van der Waals surface area contributed by atoms with E-state index in [1.54, 1.807) is 12.2 Å². The fourth-order valence-corrected chi connectivity index (χ4v) is 0.816. The van der Waals surface area contributed by atoms with E-state index in [0.29, 0.717) is 5.82 Å². The highest BCUT2D eigenvalue weighted by molar-refractivity contribution is 8.00. The molecule has 0 unspecified atom stereocenters. The van der Waals surface area contributed by atoms with Crippen LogP contribution in [0.25, 0.3) is 0 Å². The van der Waals surface area contributed by atoms with Gasteiger partial charge in [0, 0.05) is 0 Å². The maximum atomic E-state index is 11.5. The van der Waals surface area contributed by atoms with Crippen LogP contribution in [-0.4, -0.2) is 0 Å². The van der Waals surface area contributed by atoms with E-state index in [1.165, 1.54) is 17.5 Å². The third-order valence-corrected chi connectivity index (χ3v) is 1.31. The Morgan fingerprint density at radius 2 is 2.62 bits per heavy atom. The number of hydrogen-bond acceptors (Lipinski definition) is 3. The zero-order valence-corrected chi connectivity index (χ0v) is 4.83. The number of rotatable bonds is 1. The van der Waals surface area contributed by atoms with E-state index in [-0.39, 0.29) is 0 Å². The summed E-state index contributed by atoms with van der Waals surface area (Å²) in [6, 6.07) is 0. The molecule has 8 heavy (non-hydrogen) atoms. The molecule has 0 atom stereocenters. The fraction of sp³-hybridized carbons (Fsp3) is 0. The van der Waals surface area contributed by atoms with Crippen molar-refractivity contribution in [2.24, 2.45) is 0 Å². The van der Waals surface area contributed by atoms with Crippen LogP contribution in [0.5, 0.6) is 0 Å². The van der Waals surface area contributed by atoms with Gasteiger partial charge in [0.15, 0.2) is 0 Å². The zero-order chi connectivity index (χ0) is 5.82. The third kappa shape index (κ3) is 1.16. The van der Waals surface area contributed by atoms with Crippen LogP contribution in [-0.2, 0) is 0 Å². The van der Waals surface area contributed by atoms with Crippen molar-refractivity contribution in [3.8, 4) is 0 Å². The monoisotopic (exact) mass is 132 g/mol. The summed E-state index contributed by atoms with van der Waals surface area (Å²) in [7, 11) is 0. The van der Waals surface area contributed by atoms with E-state index in [9.17, 15) is 4.48 Å². The highest BCUT2D eigenvalue weighted by atomic mass is 32.2. The van der Waals surface area contributed by atoms with Gasteiger partial charge in [-0.25, -0.2) is 5.54 Å². The number of nitrogens with one attached hydrogen (secondary N) is 2. The van der Waals surface area contributed by atoms with Crippen molar-refractivity contribution in [2.45, 2.75) is 0 Å². The van der Waals surface area contributed by atoms with Gasteiger partial charge in [-0.2, -0.15) is 0 Å². The summed E-state index contributed by atoms with van der Waals surface area (Å²) in [5.41, 5.74) is 1.48. The molecule has 0 bridgehead atoms. The van der Waals surface area contributed by atoms with Crippen LogP contribution >= 0.6 is 11.9 Å². The van der Waals surface area contributed by atoms with Gasteiger partial charge in [0.2, 0.25) is 0 Å². The number of hydrogen-bond donors (Lipinski definition) is 2. The van der Waals surface area contributed by atoms with E-state index in [1.807, 2.05) is 5.41 Å². The molecular weight excluding hydrogens is 127 g/mol. The van der Waals surface area contributed by atoms with Gasteiger partial charge in [-0.3, -0.25) is 0 Å². The van der Waals surface area contributed by atoms with Gasteiger partial charge in [0.05, 0.1) is 0 Å². The molecule has 0 saturated heterocycles. The van der Waals surface area contributed by atoms with Gasteiger partial charge >= 0.3 is 0 Å². The minimum atomic E-state index is 0.387. The summed E-state index contributed by atoms with van der Waals surface area (Å²) >= 11 is 1.33. The predicted molar refractivity (Wildman–Crippen MR) is 32.2 cm³/mol. The Balaban J connectivity index is 2.50. The van der Waals surface area contributed by atoms with Gasteiger partial charge < -0.3 is 4.72 Å². The lowest BCUT2D eigenvalue weighted by molar-refractivity contribution is 0.378. The topological polar surface area (TPSA) is 24.1 Å². The van der Waals surface area contributed by atoms with Crippen LogP contribution in [0, 0.1) is 0 Å². The molecule has 1 rings (SSSR count). The van der Waals surface area contributed by atoms with Crippen LogP contribution in [0.2, 0.25) is 0 Å². The largest absolute Gasteiger partial charge is 0.311 e. The lowest BCUT2D eigenvalue weighted by atomic mass is 10.5. The molecule has 0 aliphatic carbocycles. The molecule has 0 amide bonds. The molecule has 0 spiro atoms. The first-order chi connectivity index (χ1) is 3.93. The molecular formula is C4H5FN2S. The molecule has 44 valence electrons. The van der Waals surface area contributed by atoms with E-state index in [2.05, 4.69) is 4.72 Å². The van der Waals surface area contributed by atoms with Crippen molar-refractivity contribution in [3.05, 3.63) is 23.4 Å². The molecule has 0 fully saturated rings. The summed E-state index contributed by atoms with van der Waals surface area (Å²) in [5.74, 6) is 0.387. The van der Waals surface area contributed by atoms with Gasteiger partial charge in [-0.05, 0) is 23.4 Å². The Hall–Kier alpha value is -0.640. The van der Waals surface area contributed by atoms with Gasteiger partial charge in [0.1, 0.15) is 5.82 Å². The second-order valence-corrected chi connectivity index (χ2v) is 1.94. The quantitative estimate of drug-likeness (QED) is 0.412. The van der Waals surface area contributed by atoms with Crippen molar-refractivity contribution >= 4 is 11.9 Å².